The van der Waals surface area contributed by atoms with Crippen LogP contribution in [0.15, 0.2) is 0 Å². The average Bonchev–Trinajstić information content (AvgIpc) is 2.34. The third-order valence-corrected chi connectivity index (χ3v) is 3.48. The lowest BCUT2D eigenvalue weighted by atomic mass is 9.75. The second-order valence-corrected chi connectivity index (χ2v) is 6.77. The van der Waals surface area contributed by atoms with Gasteiger partial charge >= 0.3 is 19.2 Å². The summed E-state index contributed by atoms with van der Waals surface area (Å²) in [5, 5.41) is 32.8. The fourth-order valence-electron chi connectivity index (χ4n) is 2.53. The predicted octanol–water partition coefficient (Wildman–Crippen LogP) is -0.193. The van der Waals surface area contributed by atoms with Crippen molar-refractivity contribution >= 4 is 19.2 Å². The summed E-state index contributed by atoms with van der Waals surface area (Å²) >= 11 is 0. The van der Waals surface area contributed by atoms with E-state index < -0.39 is 30.3 Å². The van der Waals surface area contributed by atoms with E-state index in [1.807, 2.05) is 0 Å². The van der Waals surface area contributed by atoms with Gasteiger partial charge in [-0.2, -0.15) is 0 Å². The highest BCUT2D eigenvalue weighted by Crippen LogP contribution is 2.26. The van der Waals surface area contributed by atoms with Gasteiger partial charge in [0.15, 0.2) is 5.54 Å². The number of hydrogen-bond acceptors (Lipinski definition) is 6. The van der Waals surface area contributed by atoms with E-state index in [4.69, 9.17) is 14.8 Å². The maximum Gasteiger partial charge on any atom is 0.451 e. The first-order valence-corrected chi connectivity index (χ1v) is 7.35. The number of rotatable bonds is 5. The van der Waals surface area contributed by atoms with Crippen LogP contribution in [0.5, 0.6) is 0 Å². The molecule has 8 nitrogen and oxygen atoms in total. The second kappa shape index (κ2) is 7.30. The quantitative estimate of drug-likeness (QED) is 0.445. The van der Waals surface area contributed by atoms with E-state index in [-0.39, 0.29) is 25.2 Å². The summed E-state index contributed by atoms with van der Waals surface area (Å²) in [6.45, 7) is 5.76. The standard InChI is InChI=1S/C13H25BN2O6/c1-12(2,3)22-11(19)16-13(10(17)18)6-9(7-15-8-13)4-5-14(20)21/h9,15,20-21H,4-8H2,1-3H3,(H,16,19)(H,17,18)/t9-,13+/m1/s1. The minimum atomic E-state index is -1.45. The van der Waals surface area contributed by atoms with Gasteiger partial charge in [0, 0.05) is 6.54 Å². The van der Waals surface area contributed by atoms with Crippen LogP contribution in [0.4, 0.5) is 4.79 Å². The Bertz CT molecular complexity index is 412. The van der Waals surface area contributed by atoms with E-state index in [0.717, 1.165) is 0 Å². The van der Waals surface area contributed by atoms with Crippen molar-refractivity contribution < 1.29 is 29.5 Å². The van der Waals surface area contributed by atoms with Crippen LogP contribution < -0.4 is 10.6 Å². The number of ether oxygens (including phenoxy) is 1. The topological polar surface area (TPSA) is 128 Å². The van der Waals surface area contributed by atoms with E-state index >= 15 is 0 Å². The molecule has 0 aliphatic carbocycles. The van der Waals surface area contributed by atoms with Crippen LogP contribution in [-0.2, 0) is 9.53 Å². The number of carboxylic acid groups (broad SMARTS) is 1. The molecule has 0 bridgehead atoms. The van der Waals surface area contributed by atoms with Crippen LogP contribution in [0.3, 0.4) is 0 Å². The maximum atomic E-state index is 11.9. The molecule has 0 unspecified atom stereocenters. The van der Waals surface area contributed by atoms with Gasteiger partial charge in [0.05, 0.1) is 0 Å². The highest BCUT2D eigenvalue weighted by atomic mass is 16.6. The molecule has 1 rings (SSSR count). The molecular weight excluding hydrogens is 291 g/mol. The lowest BCUT2D eigenvalue weighted by molar-refractivity contribution is -0.146. The van der Waals surface area contributed by atoms with Crippen LogP contribution in [-0.4, -0.2) is 58.6 Å². The molecule has 0 spiro atoms. The molecule has 0 saturated carbocycles. The highest BCUT2D eigenvalue weighted by molar-refractivity contribution is 6.40. The Labute approximate surface area is 130 Å². The van der Waals surface area contributed by atoms with Gasteiger partial charge in [0.2, 0.25) is 0 Å². The van der Waals surface area contributed by atoms with Crippen molar-refractivity contribution in [3.63, 3.8) is 0 Å². The Morgan fingerprint density at radius 3 is 2.55 bits per heavy atom. The molecule has 126 valence electrons. The molecule has 1 aliphatic heterocycles. The molecule has 1 heterocycles. The van der Waals surface area contributed by atoms with Gasteiger partial charge in [-0.25, -0.2) is 9.59 Å². The summed E-state index contributed by atoms with van der Waals surface area (Å²) in [5.41, 5.74) is -2.17. The monoisotopic (exact) mass is 316 g/mol. The van der Waals surface area contributed by atoms with E-state index in [1.165, 1.54) is 0 Å². The van der Waals surface area contributed by atoms with Gasteiger partial charge in [-0.1, -0.05) is 6.42 Å². The Balaban J connectivity index is 2.74. The van der Waals surface area contributed by atoms with Crippen LogP contribution in [0, 0.1) is 5.92 Å². The van der Waals surface area contributed by atoms with Gasteiger partial charge < -0.3 is 30.5 Å². The zero-order valence-electron chi connectivity index (χ0n) is 13.3. The first-order chi connectivity index (χ1) is 10.0. The lowest BCUT2D eigenvalue weighted by Gasteiger charge is -2.39. The van der Waals surface area contributed by atoms with Crippen LogP contribution in [0.25, 0.3) is 0 Å². The fraction of sp³-hybridized carbons (Fsp3) is 0.846. The summed E-state index contributed by atoms with van der Waals surface area (Å²) in [6.07, 6.45) is 0.0467. The van der Waals surface area contributed by atoms with Crippen LogP contribution >= 0.6 is 0 Å². The van der Waals surface area contributed by atoms with E-state index in [2.05, 4.69) is 10.6 Å². The van der Waals surface area contributed by atoms with Gasteiger partial charge in [-0.05, 0) is 46.0 Å². The van der Waals surface area contributed by atoms with Crippen molar-refractivity contribution in [2.45, 2.75) is 51.1 Å². The van der Waals surface area contributed by atoms with Crippen molar-refractivity contribution in [3.8, 4) is 0 Å². The van der Waals surface area contributed by atoms with Gasteiger partial charge in [0.25, 0.3) is 0 Å². The number of piperidine rings is 1. The molecule has 1 saturated heterocycles. The molecule has 2 atom stereocenters. The Kier molecular flexibility index (Phi) is 6.22. The minimum Gasteiger partial charge on any atom is -0.479 e. The van der Waals surface area contributed by atoms with E-state index in [9.17, 15) is 14.7 Å². The largest absolute Gasteiger partial charge is 0.479 e. The van der Waals surface area contributed by atoms with E-state index in [0.29, 0.717) is 13.0 Å². The van der Waals surface area contributed by atoms with Crippen molar-refractivity contribution in [3.05, 3.63) is 0 Å². The zero-order valence-corrected chi connectivity index (χ0v) is 13.3. The number of hydrogen-bond donors (Lipinski definition) is 5. The number of carbonyl (C=O) groups excluding carboxylic acids is 1. The number of aliphatic carboxylic acids is 1. The number of nitrogens with one attached hydrogen (secondary N) is 2. The fourth-order valence-corrected chi connectivity index (χ4v) is 2.53. The van der Waals surface area contributed by atoms with Gasteiger partial charge in [-0.3, -0.25) is 0 Å². The summed E-state index contributed by atoms with van der Waals surface area (Å²) in [6, 6.07) is 0. The molecule has 5 N–H and O–H groups in total. The number of amides is 1. The molecule has 1 amide bonds. The highest BCUT2D eigenvalue weighted by Gasteiger charge is 2.45. The SMILES string of the molecule is CC(C)(C)OC(=O)N[C@]1(C(=O)O)CNC[C@H](CCB(O)O)C1. The average molecular weight is 316 g/mol. The third-order valence-electron chi connectivity index (χ3n) is 3.48. The van der Waals surface area contributed by atoms with E-state index in [1.54, 1.807) is 20.8 Å². The van der Waals surface area contributed by atoms with Crippen molar-refractivity contribution in [1.82, 2.24) is 10.6 Å². The van der Waals surface area contributed by atoms with Crippen molar-refractivity contribution in [1.29, 1.82) is 0 Å². The number of alkyl carbamates (subject to hydrolysis) is 1. The van der Waals surface area contributed by atoms with Gasteiger partial charge in [-0.15, -0.1) is 0 Å². The summed E-state index contributed by atoms with van der Waals surface area (Å²) in [7, 11) is -1.42. The second-order valence-electron chi connectivity index (χ2n) is 6.77. The van der Waals surface area contributed by atoms with Crippen molar-refractivity contribution in [2.75, 3.05) is 13.1 Å². The molecule has 9 heteroatoms. The maximum absolute atomic E-state index is 11.9. The number of carboxylic acids is 1. The Morgan fingerprint density at radius 1 is 1.41 bits per heavy atom. The Hall–Kier alpha value is -1.32. The molecule has 0 radical (unpaired) electrons. The van der Waals surface area contributed by atoms with Crippen molar-refractivity contribution in [2.24, 2.45) is 5.92 Å². The van der Waals surface area contributed by atoms with Crippen LogP contribution in [0.2, 0.25) is 6.32 Å². The molecule has 22 heavy (non-hydrogen) atoms. The van der Waals surface area contributed by atoms with Crippen LogP contribution in [0.1, 0.15) is 33.6 Å². The normalized spacial score (nSPS) is 25.4. The summed E-state index contributed by atoms with van der Waals surface area (Å²) < 4.78 is 5.13. The molecule has 1 aliphatic rings. The van der Waals surface area contributed by atoms with Gasteiger partial charge in [0.1, 0.15) is 5.60 Å². The molecule has 0 aromatic rings. The lowest BCUT2D eigenvalue weighted by Crippen LogP contribution is -2.64. The first kappa shape index (κ1) is 18.7. The Morgan fingerprint density at radius 2 is 2.05 bits per heavy atom. The predicted molar refractivity (Wildman–Crippen MR) is 80.3 cm³/mol. The summed E-state index contributed by atoms with van der Waals surface area (Å²) in [5.74, 6) is -1.22. The summed E-state index contributed by atoms with van der Waals surface area (Å²) in [4.78, 5) is 23.6. The third kappa shape index (κ3) is 5.82. The minimum absolute atomic E-state index is 0.0819. The molecule has 0 aromatic carbocycles. The molecular formula is C13H25BN2O6. The smallest absolute Gasteiger partial charge is 0.451 e. The molecule has 1 fully saturated rings. The number of carbonyl (C=O) groups is 2. The first-order valence-electron chi connectivity index (χ1n) is 7.35. The zero-order chi connectivity index (χ0) is 17.0. The molecule has 0 aromatic heterocycles.